The molecule has 0 amide bonds. The number of hydrogen-bond acceptors (Lipinski definition) is 7. The third-order valence-electron chi connectivity index (χ3n) is 6.20. The molecule has 1 aromatic carbocycles. The van der Waals surface area contributed by atoms with Gasteiger partial charge >= 0.3 is 0 Å². The average molecular weight is 557 g/mol. The molecule has 10 heteroatoms. The van der Waals surface area contributed by atoms with Crippen molar-refractivity contribution in [2.24, 2.45) is 23.7 Å². The summed E-state index contributed by atoms with van der Waals surface area (Å²) in [6, 6.07) is 8.21. The second-order valence-electron chi connectivity index (χ2n) is 9.00. The van der Waals surface area contributed by atoms with Crippen molar-refractivity contribution < 1.29 is 14.3 Å². The number of nitrogens with zero attached hydrogens (tertiary/aromatic N) is 4. The third kappa shape index (κ3) is 6.11. The molecule has 1 atom stereocenters. The van der Waals surface area contributed by atoms with Gasteiger partial charge in [0.05, 0.1) is 5.69 Å². The van der Waals surface area contributed by atoms with Crippen LogP contribution in [0.15, 0.2) is 51.6 Å². The Bertz CT molecular complexity index is 1300. The SMILES string of the molecule is CN=CC(Cc1cc(CC2CC2)nn1C)=C(N)c1ccc(F)cc1[C@@H](C)Oc1cc(Br)cnc1NO. The number of aliphatic imine (C=N–C) groups is 1. The molecule has 0 radical (unpaired) electrons. The van der Waals surface area contributed by atoms with Crippen molar-refractivity contribution in [3.63, 3.8) is 0 Å². The van der Waals surface area contributed by atoms with Crippen LogP contribution in [0.2, 0.25) is 0 Å². The van der Waals surface area contributed by atoms with Crippen LogP contribution in [0.5, 0.6) is 5.75 Å². The van der Waals surface area contributed by atoms with Gasteiger partial charge in [-0.15, -0.1) is 0 Å². The first-order valence-electron chi connectivity index (χ1n) is 11.7. The van der Waals surface area contributed by atoms with Crippen LogP contribution in [0.4, 0.5) is 10.2 Å². The number of aryl methyl sites for hydroxylation is 1. The largest absolute Gasteiger partial charge is 0.482 e. The highest BCUT2D eigenvalue weighted by atomic mass is 79.9. The highest BCUT2D eigenvalue weighted by Gasteiger charge is 2.24. The maximum absolute atomic E-state index is 14.4. The molecule has 190 valence electrons. The van der Waals surface area contributed by atoms with Crippen LogP contribution in [0.1, 0.15) is 48.4 Å². The van der Waals surface area contributed by atoms with E-state index in [9.17, 15) is 9.60 Å². The van der Waals surface area contributed by atoms with Crippen LogP contribution in [-0.2, 0) is 19.9 Å². The number of nitrogens with two attached hydrogens (primary N) is 1. The van der Waals surface area contributed by atoms with E-state index >= 15 is 0 Å². The number of anilines is 1. The molecular formula is C26H30BrFN6O2. The topological polar surface area (TPSA) is 111 Å². The van der Waals surface area contributed by atoms with Crippen molar-refractivity contribution in [2.45, 2.75) is 38.7 Å². The van der Waals surface area contributed by atoms with Crippen LogP contribution in [0.25, 0.3) is 5.70 Å². The summed E-state index contributed by atoms with van der Waals surface area (Å²) < 4.78 is 23.0. The molecule has 2 aromatic heterocycles. The maximum atomic E-state index is 14.4. The summed E-state index contributed by atoms with van der Waals surface area (Å²) in [5.41, 5.74) is 13.3. The minimum absolute atomic E-state index is 0.142. The Morgan fingerprint density at radius 2 is 2.17 bits per heavy atom. The molecular weight excluding hydrogens is 527 g/mol. The van der Waals surface area contributed by atoms with Gasteiger partial charge in [-0.2, -0.15) is 5.10 Å². The number of halogens is 2. The van der Waals surface area contributed by atoms with Crippen LogP contribution in [0.3, 0.4) is 0 Å². The zero-order valence-electron chi connectivity index (χ0n) is 20.5. The zero-order chi connectivity index (χ0) is 25.8. The van der Waals surface area contributed by atoms with Gasteiger partial charge in [0.25, 0.3) is 0 Å². The second kappa shape index (κ2) is 11.2. The summed E-state index contributed by atoms with van der Waals surface area (Å²) in [5, 5.41) is 14.1. The lowest BCUT2D eigenvalue weighted by atomic mass is 9.96. The van der Waals surface area contributed by atoms with E-state index in [2.05, 4.69) is 37.1 Å². The maximum Gasteiger partial charge on any atom is 0.192 e. The lowest BCUT2D eigenvalue weighted by Gasteiger charge is -2.21. The first-order chi connectivity index (χ1) is 17.3. The van der Waals surface area contributed by atoms with E-state index in [4.69, 9.17) is 10.5 Å². The van der Waals surface area contributed by atoms with E-state index in [1.807, 2.05) is 17.2 Å². The van der Waals surface area contributed by atoms with Crippen molar-refractivity contribution in [3.05, 3.63) is 74.9 Å². The average Bonchev–Trinajstić information content (AvgIpc) is 3.59. The molecule has 1 aliphatic rings. The molecule has 0 spiro atoms. The Morgan fingerprint density at radius 1 is 1.39 bits per heavy atom. The summed E-state index contributed by atoms with van der Waals surface area (Å²) in [4.78, 5) is 8.30. The molecule has 0 saturated heterocycles. The van der Waals surface area contributed by atoms with Gasteiger partial charge in [-0.3, -0.25) is 14.9 Å². The van der Waals surface area contributed by atoms with Gasteiger partial charge < -0.3 is 10.5 Å². The van der Waals surface area contributed by atoms with Gasteiger partial charge in [-0.05, 0) is 83.9 Å². The van der Waals surface area contributed by atoms with Gasteiger partial charge in [0, 0.05) is 59.9 Å². The van der Waals surface area contributed by atoms with Crippen molar-refractivity contribution >= 4 is 33.7 Å². The number of ether oxygens (including phenoxy) is 1. The Balaban J connectivity index is 1.68. The van der Waals surface area contributed by atoms with Crippen molar-refractivity contribution in [1.82, 2.24) is 14.8 Å². The summed E-state index contributed by atoms with van der Waals surface area (Å²) in [5.74, 6) is 0.774. The first-order valence-corrected chi connectivity index (χ1v) is 12.5. The fourth-order valence-corrected chi connectivity index (χ4v) is 4.46. The number of rotatable bonds is 10. The number of benzene rings is 1. The summed E-state index contributed by atoms with van der Waals surface area (Å²) >= 11 is 3.35. The van der Waals surface area contributed by atoms with Crippen molar-refractivity contribution in [3.8, 4) is 5.75 Å². The fourth-order valence-electron chi connectivity index (χ4n) is 4.15. The molecule has 1 fully saturated rings. The van der Waals surface area contributed by atoms with Gasteiger partial charge in [-0.25, -0.2) is 14.9 Å². The zero-order valence-corrected chi connectivity index (χ0v) is 22.1. The van der Waals surface area contributed by atoms with E-state index in [-0.39, 0.29) is 5.82 Å². The smallest absolute Gasteiger partial charge is 0.192 e. The Labute approximate surface area is 218 Å². The molecule has 36 heavy (non-hydrogen) atoms. The quantitative estimate of drug-likeness (QED) is 0.233. The number of allylic oxidation sites excluding steroid dienone is 1. The van der Waals surface area contributed by atoms with Crippen molar-refractivity contribution in [2.75, 3.05) is 12.5 Å². The molecule has 4 N–H and O–H groups in total. The Morgan fingerprint density at radius 3 is 2.86 bits per heavy atom. The van der Waals surface area contributed by atoms with Crippen LogP contribution < -0.4 is 16.0 Å². The number of hydrogen-bond donors (Lipinski definition) is 3. The predicted octanol–water partition coefficient (Wildman–Crippen LogP) is 5.22. The number of nitrogens with one attached hydrogen (secondary N) is 1. The van der Waals surface area contributed by atoms with E-state index in [1.165, 1.54) is 31.2 Å². The lowest BCUT2D eigenvalue weighted by Crippen LogP contribution is -2.13. The van der Waals surface area contributed by atoms with Crippen LogP contribution in [0, 0.1) is 11.7 Å². The van der Waals surface area contributed by atoms with E-state index in [1.54, 1.807) is 32.3 Å². The Kier molecular flexibility index (Phi) is 8.05. The molecule has 1 aliphatic carbocycles. The molecule has 2 heterocycles. The molecule has 1 saturated carbocycles. The fraction of sp³-hybridized carbons (Fsp3) is 0.346. The standard InChI is InChI=1S/C26H30BrFN6O2/c1-15(36-24-10-18(27)14-31-26(24)33-35)23-11-19(28)6-7-22(23)25(29)17(13-30-2)9-21-12-20(32-34(21)3)8-16-4-5-16/h6-7,10-16,35H,4-5,8-9,29H2,1-3H3,(H,31,33)/t15-/m1/s1. The van der Waals surface area contributed by atoms with E-state index in [0.29, 0.717) is 33.5 Å². The number of aromatic nitrogens is 3. The van der Waals surface area contributed by atoms with Crippen molar-refractivity contribution in [1.29, 1.82) is 0 Å². The third-order valence-corrected chi connectivity index (χ3v) is 6.63. The summed E-state index contributed by atoms with van der Waals surface area (Å²) in [6.45, 7) is 1.78. The van der Waals surface area contributed by atoms with Crippen LogP contribution in [-0.4, -0.2) is 33.2 Å². The normalized spacial score (nSPS) is 15.2. The van der Waals surface area contributed by atoms with Gasteiger partial charge in [0.2, 0.25) is 0 Å². The number of pyridine rings is 1. The van der Waals surface area contributed by atoms with Gasteiger partial charge in [0.1, 0.15) is 11.9 Å². The second-order valence-corrected chi connectivity index (χ2v) is 9.92. The minimum atomic E-state index is -0.612. The summed E-state index contributed by atoms with van der Waals surface area (Å²) in [6.07, 6.45) is 6.70. The molecule has 0 unspecified atom stereocenters. The molecule has 8 nitrogen and oxygen atoms in total. The Hall–Kier alpha value is -3.24. The highest BCUT2D eigenvalue weighted by molar-refractivity contribution is 9.10. The molecule has 0 bridgehead atoms. The minimum Gasteiger partial charge on any atom is -0.482 e. The van der Waals surface area contributed by atoms with Crippen LogP contribution >= 0.6 is 15.9 Å². The predicted molar refractivity (Wildman–Crippen MR) is 142 cm³/mol. The van der Waals surface area contributed by atoms with Gasteiger partial charge in [-0.1, -0.05) is 0 Å². The lowest BCUT2D eigenvalue weighted by molar-refractivity contribution is 0.224. The molecule has 3 aromatic rings. The highest BCUT2D eigenvalue weighted by Crippen LogP contribution is 2.34. The molecule has 4 rings (SSSR count). The molecule has 0 aliphatic heterocycles. The van der Waals surface area contributed by atoms with E-state index in [0.717, 1.165) is 29.3 Å². The van der Waals surface area contributed by atoms with Gasteiger partial charge in [0.15, 0.2) is 11.6 Å². The summed E-state index contributed by atoms with van der Waals surface area (Å²) in [7, 11) is 3.62. The monoisotopic (exact) mass is 556 g/mol. The first kappa shape index (κ1) is 25.8. The van der Waals surface area contributed by atoms with E-state index < -0.39 is 11.9 Å².